The summed E-state index contributed by atoms with van der Waals surface area (Å²) in [6, 6.07) is 5.93. The number of rotatable bonds is 6. The molecule has 0 radical (unpaired) electrons. The second kappa shape index (κ2) is 7.45. The first-order valence-corrected chi connectivity index (χ1v) is 6.72. The normalized spacial score (nSPS) is 12.0. The van der Waals surface area contributed by atoms with E-state index in [-0.39, 0.29) is 0 Å². The number of nitrogens with two attached hydrogens (primary N) is 1. The minimum Gasteiger partial charge on any atom is -0.495 e. The van der Waals surface area contributed by atoms with Crippen LogP contribution in [0.15, 0.2) is 24.3 Å². The molecule has 0 saturated carbocycles. The van der Waals surface area contributed by atoms with Gasteiger partial charge in [0, 0.05) is 0 Å². The maximum Gasteiger partial charge on any atom is 0.137 e. The van der Waals surface area contributed by atoms with E-state index < -0.39 is 0 Å². The minimum absolute atomic E-state index is 0.465. The summed E-state index contributed by atoms with van der Waals surface area (Å²) >= 11 is 6.17. The van der Waals surface area contributed by atoms with Gasteiger partial charge in [-0.3, -0.25) is 0 Å². The van der Waals surface area contributed by atoms with Crippen molar-refractivity contribution in [2.75, 3.05) is 13.7 Å². The van der Waals surface area contributed by atoms with E-state index in [9.17, 15) is 0 Å². The van der Waals surface area contributed by atoms with E-state index in [0.29, 0.717) is 16.7 Å². The van der Waals surface area contributed by atoms with Crippen molar-refractivity contribution in [2.24, 2.45) is 11.7 Å². The molecule has 0 bridgehead atoms. The highest BCUT2D eigenvalue weighted by molar-refractivity contribution is 6.32. The zero-order chi connectivity index (χ0) is 13.5. The van der Waals surface area contributed by atoms with Crippen molar-refractivity contribution >= 4 is 17.2 Å². The number of hydrogen-bond donors (Lipinski definition) is 1. The van der Waals surface area contributed by atoms with Crippen LogP contribution in [-0.2, 0) is 0 Å². The number of methoxy groups -OCH3 is 1. The Kier molecular flexibility index (Phi) is 6.23. The highest BCUT2D eigenvalue weighted by atomic mass is 35.5. The van der Waals surface area contributed by atoms with Crippen LogP contribution in [-0.4, -0.2) is 13.7 Å². The lowest BCUT2D eigenvalue weighted by Crippen LogP contribution is -1.99. The second-order valence-corrected chi connectivity index (χ2v) is 5.00. The van der Waals surface area contributed by atoms with Gasteiger partial charge in [-0.1, -0.05) is 37.6 Å². The van der Waals surface area contributed by atoms with Crippen LogP contribution in [0.2, 0.25) is 5.02 Å². The zero-order valence-corrected chi connectivity index (χ0v) is 12.1. The van der Waals surface area contributed by atoms with Gasteiger partial charge < -0.3 is 10.5 Å². The number of unbranched alkanes of at least 4 members (excludes halogenated alkanes) is 1. The van der Waals surface area contributed by atoms with Crippen molar-refractivity contribution in [3.8, 4) is 5.75 Å². The van der Waals surface area contributed by atoms with Crippen LogP contribution in [0.4, 0.5) is 0 Å². The summed E-state index contributed by atoms with van der Waals surface area (Å²) in [7, 11) is 1.63. The molecule has 3 heteroatoms. The number of ether oxygens (including phenoxy) is 1. The summed E-state index contributed by atoms with van der Waals surface area (Å²) in [5.41, 5.74) is 8.00. The van der Waals surface area contributed by atoms with E-state index >= 15 is 0 Å². The van der Waals surface area contributed by atoms with Gasteiger partial charge in [-0.2, -0.15) is 0 Å². The summed E-state index contributed by atoms with van der Waals surface area (Å²) in [6.45, 7) is 5.10. The first-order chi connectivity index (χ1) is 8.60. The molecule has 0 saturated heterocycles. The largest absolute Gasteiger partial charge is 0.495 e. The molecule has 1 rings (SSSR count). The molecule has 0 aliphatic heterocycles. The SMILES string of the molecule is COc1ccc(/C(=C/CCCN)C(C)C)cc1Cl. The molecule has 0 aliphatic rings. The molecular formula is C15H22ClNO. The first kappa shape index (κ1) is 15.1. The third-order valence-corrected chi connectivity index (χ3v) is 3.18. The number of hydrogen-bond acceptors (Lipinski definition) is 2. The minimum atomic E-state index is 0.465. The van der Waals surface area contributed by atoms with Crippen molar-refractivity contribution in [1.82, 2.24) is 0 Å². The molecular weight excluding hydrogens is 246 g/mol. The van der Waals surface area contributed by atoms with Gasteiger partial charge in [0.25, 0.3) is 0 Å². The number of halogens is 1. The smallest absolute Gasteiger partial charge is 0.137 e. The van der Waals surface area contributed by atoms with Crippen molar-refractivity contribution in [1.29, 1.82) is 0 Å². The average Bonchev–Trinajstić information content (AvgIpc) is 2.34. The molecule has 0 aliphatic carbocycles. The lowest BCUT2D eigenvalue weighted by molar-refractivity contribution is 0.415. The van der Waals surface area contributed by atoms with Crippen LogP contribution in [0.25, 0.3) is 5.57 Å². The lowest BCUT2D eigenvalue weighted by Gasteiger charge is -2.13. The number of benzene rings is 1. The van der Waals surface area contributed by atoms with Crippen molar-refractivity contribution < 1.29 is 4.74 Å². The fraction of sp³-hybridized carbons (Fsp3) is 0.467. The topological polar surface area (TPSA) is 35.2 Å². The van der Waals surface area contributed by atoms with Crippen molar-refractivity contribution in [3.63, 3.8) is 0 Å². The van der Waals surface area contributed by atoms with Gasteiger partial charge in [0.05, 0.1) is 12.1 Å². The summed E-state index contributed by atoms with van der Waals surface area (Å²) < 4.78 is 5.17. The molecule has 100 valence electrons. The Balaban J connectivity index is 2.99. The molecule has 0 fully saturated rings. The molecule has 18 heavy (non-hydrogen) atoms. The van der Waals surface area contributed by atoms with E-state index in [2.05, 4.69) is 26.0 Å². The highest BCUT2D eigenvalue weighted by Crippen LogP contribution is 2.31. The highest BCUT2D eigenvalue weighted by Gasteiger charge is 2.09. The van der Waals surface area contributed by atoms with Gasteiger partial charge in [-0.05, 0) is 48.6 Å². The van der Waals surface area contributed by atoms with Gasteiger partial charge in [-0.25, -0.2) is 0 Å². The van der Waals surface area contributed by atoms with E-state index in [1.807, 2.05) is 12.1 Å². The predicted molar refractivity (Wildman–Crippen MR) is 79.1 cm³/mol. The molecule has 0 amide bonds. The van der Waals surface area contributed by atoms with Crippen molar-refractivity contribution in [3.05, 3.63) is 34.9 Å². The Hall–Kier alpha value is -0.990. The van der Waals surface area contributed by atoms with Gasteiger partial charge in [-0.15, -0.1) is 0 Å². The fourth-order valence-corrected chi connectivity index (χ4v) is 2.17. The standard InChI is InChI=1S/C15H22ClNO/c1-11(2)13(6-4-5-9-17)12-7-8-15(18-3)14(16)10-12/h6-8,10-11H,4-5,9,17H2,1-3H3/b13-6+. The van der Waals surface area contributed by atoms with Gasteiger partial charge in [0.15, 0.2) is 0 Å². The second-order valence-electron chi connectivity index (χ2n) is 4.59. The molecule has 1 aromatic rings. The maximum atomic E-state index is 6.17. The van der Waals surface area contributed by atoms with E-state index in [1.54, 1.807) is 7.11 Å². The third-order valence-electron chi connectivity index (χ3n) is 2.88. The van der Waals surface area contributed by atoms with Gasteiger partial charge in [0.2, 0.25) is 0 Å². The van der Waals surface area contributed by atoms with E-state index in [4.69, 9.17) is 22.1 Å². The van der Waals surface area contributed by atoms with Crippen molar-refractivity contribution in [2.45, 2.75) is 26.7 Å². The van der Waals surface area contributed by atoms with Gasteiger partial charge in [0.1, 0.15) is 5.75 Å². The van der Waals surface area contributed by atoms with Crippen LogP contribution < -0.4 is 10.5 Å². The summed E-state index contributed by atoms with van der Waals surface area (Å²) in [4.78, 5) is 0. The number of allylic oxidation sites excluding steroid dienone is 2. The molecule has 0 aromatic heterocycles. The summed E-state index contributed by atoms with van der Waals surface area (Å²) in [5.74, 6) is 1.18. The lowest BCUT2D eigenvalue weighted by atomic mass is 9.94. The average molecular weight is 268 g/mol. The summed E-state index contributed by atoms with van der Waals surface area (Å²) in [6.07, 6.45) is 4.28. The monoisotopic (exact) mass is 267 g/mol. The van der Waals surface area contributed by atoms with Crippen LogP contribution in [0.5, 0.6) is 5.75 Å². The molecule has 0 unspecified atom stereocenters. The van der Waals surface area contributed by atoms with Crippen LogP contribution in [0.3, 0.4) is 0 Å². The Bertz CT molecular complexity index is 413. The van der Waals surface area contributed by atoms with Crippen LogP contribution in [0.1, 0.15) is 32.3 Å². The quantitative estimate of drug-likeness (QED) is 0.787. The van der Waals surface area contributed by atoms with E-state index in [1.165, 1.54) is 5.57 Å². The first-order valence-electron chi connectivity index (χ1n) is 6.34. The third kappa shape index (κ3) is 4.04. The fourth-order valence-electron chi connectivity index (χ4n) is 1.91. The zero-order valence-electron chi connectivity index (χ0n) is 11.4. The molecule has 0 heterocycles. The molecule has 2 nitrogen and oxygen atoms in total. The Morgan fingerprint density at radius 3 is 2.67 bits per heavy atom. The van der Waals surface area contributed by atoms with Crippen LogP contribution >= 0.6 is 11.6 Å². The summed E-state index contributed by atoms with van der Waals surface area (Å²) in [5, 5.41) is 0.653. The van der Waals surface area contributed by atoms with Gasteiger partial charge >= 0.3 is 0 Å². The maximum absolute atomic E-state index is 6.17. The Morgan fingerprint density at radius 2 is 2.17 bits per heavy atom. The molecule has 1 aromatic carbocycles. The Labute approximate surface area is 115 Å². The molecule has 2 N–H and O–H groups in total. The molecule has 0 atom stereocenters. The van der Waals surface area contributed by atoms with Crippen LogP contribution in [0, 0.1) is 5.92 Å². The van der Waals surface area contributed by atoms with E-state index in [0.717, 1.165) is 24.9 Å². The Morgan fingerprint density at radius 1 is 1.44 bits per heavy atom. The predicted octanol–water partition coefficient (Wildman–Crippen LogP) is 4.13. The molecule has 0 spiro atoms.